The Morgan fingerprint density at radius 1 is 1.11 bits per heavy atom. The van der Waals surface area contributed by atoms with Gasteiger partial charge in [0.25, 0.3) is 11.5 Å². The van der Waals surface area contributed by atoms with Gasteiger partial charge < -0.3 is 5.32 Å². The number of pyridine rings is 1. The van der Waals surface area contributed by atoms with Gasteiger partial charge in [0.05, 0.1) is 10.5 Å². The van der Waals surface area contributed by atoms with E-state index in [0.29, 0.717) is 32.8 Å². The number of carbonyl (C=O) groups is 1. The van der Waals surface area contributed by atoms with Crippen LogP contribution in [0.4, 0.5) is 5.82 Å². The smallest absolute Gasteiger partial charge is 0.267 e. The molecule has 0 bridgehead atoms. The number of thioether (sulfide) groups is 1. The van der Waals surface area contributed by atoms with Crippen LogP contribution in [0, 0.1) is 5.92 Å². The van der Waals surface area contributed by atoms with Gasteiger partial charge in [0.2, 0.25) is 0 Å². The molecule has 188 valence electrons. The van der Waals surface area contributed by atoms with Gasteiger partial charge in [-0.1, -0.05) is 76.0 Å². The Balaban J connectivity index is 1.56. The van der Waals surface area contributed by atoms with Gasteiger partial charge in [-0.3, -0.25) is 18.9 Å². The molecule has 4 rings (SSSR count). The van der Waals surface area contributed by atoms with Gasteiger partial charge in [0.1, 0.15) is 15.8 Å². The van der Waals surface area contributed by atoms with Gasteiger partial charge in [-0.2, -0.15) is 0 Å². The Labute approximate surface area is 217 Å². The van der Waals surface area contributed by atoms with Crippen LogP contribution in [0.5, 0.6) is 0 Å². The number of unbranched alkanes of at least 4 members (excludes halogenated alkanes) is 5. The van der Waals surface area contributed by atoms with Crippen LogP contribution in [0.25, 0.3) is 11.7 Å². The number of hydrogen-bond acceptors (Lipinski definition) is 6. The molecule has 35 heavy (non-hydrogen) atoms. The molecule has 1 amide bonds. The summed E-state index contributed by atoms with van der Waals surface area (Å²) >= 11 is 6.81. The number of fused-ring (bicyclic) bond motifs is 1. The van der Waals surface area contributed by atoms with E-state index in [1.165, 1.54) is 41.8 Å². The quantitative estimate of drug-likeness (QED) is 0.231. The standard InChI is InChI=1S/C27H36N4O2S2/c1-3-4-5-6-7-9-17-31-26(33)22(35-27(31)34)18-21-24(28-20-14-12-19(2)13-15-20)29-23-11-8-10-16-30(23)25(21)32/h8,10-11,16,18-20,28H,3-7,9,12-15,17H2,1-2H3/b22-18+. The van der Waals surface area contributed by atoms with Gasteiger partial charge in [-0.15, -0.1) is 0 Å². The second kappa shape index (κ2) is 12.2. The van der Waals surface area contributed by atoms with E-state index in [1.807, 2.05) is 18.2 Å². The lowest BCUT2D eigenvalue weighted by molar-refractivity contribution is -0.122. The monoisotopic (exact) mass is 512 g/mol. The number of thiocarbonyl (C=S) groups is 1. The molecule has 8 heteroatoms. The Morgan fingerprint density at radius 2 is 1.86 bits per heavy atom. The summed E-state index contributed by atoms with van der Waals surface area (Å²) in [6.45, 7) is 5.13. The Hall–Kier alpha value is -2.19. The van der Waals surface area contributed by atoms with E-state index in [9.17, 15) is 9.59 Å². The van der Waals surface area contributed by atoms with Crippen LogP contribution in [-0.4, -0.2) is 37.1 Å². The first-order valence-electron chi connectivity index (χ1n) is 13.0. The zero-order chi connectivity index (χ0) is 24.8. The highest BCUT2D eigenvalue weighted by Crippen LogP contribution is 2.34. The molecule has 0 spiro atoms. The summed E-state index contributed by atoms with van der Waals surface area (Å²) in [6.07, 6.45) is 14.8. The zero-order valence-corrected chi connectivity index (χ0v) is 22.4. The molecular formula is C27H36N4O2S2. The minimum Gasteiger partial charge on any atom is -0.367 e. The van der Waals surface area contributed by atoms with Gasteiger partial charge >= 0.3 is 0 Å². The predicted molar refractivity (Wildman–Crippen MR) is 150 cm³/mol. The molecule has 1 saturated heterocycles. The highest BCUT2D eigenvalue weighted by Gasteiger charge is 2.32. The minimum absolute atomic E-state index is 0.108. The molecule has 6 nitrogen and oxygen atoms in total. The van der Waals surface area contributed by atoms with Gasteiger partial charge in [-0.25, -0.2) is 4.98 Å². The molecule has 0 atom stereocenters. The third-order valence-electron chi connectivity index (χ3n) is 7.01. The second-order valence-corrected chi connectivity index (χ2v) is 11.5. The first-order chi connectivity index (χ1) is 17.0. The fraction of sp³-hybridized carbons (Fsp3) is 0.556. The van der Waals surface area contributed by atoms with Crippen molar-refractivity contribution in [3.05, 3.63) is 45.2 Å². The molecule has 1 aliphatic heterocycles. The van der Waals surface area contributed by atoms with Crippen LogP contribution >= 0.6 is 24.0 Å². The lowest BCUT2D eigenvalue weighted by Gasteiger charge is -2.27. The van der Waals surface area contributed by atoms with Gasteiger partial charge in [0.15, 0.2) is 0 Å². The van der Waals surface area contributed by atoms with Gasteiger partial charge in [0, 0.05) is 18.8 Å². The van der Waals surface area contributed by atoms with E-state index in [-0.39, 0.29) is 17.5 Å². The third-order valence-corrected chi connectivity index (χ3v) is 8.39. The number of amides is 1. The molecule has 2 fully saturated rings. The van der Waals surface area contributed by atoms with E-state index >= 15 is 0 Å². The summed E-state index contributed by atoms with van der Waals surface area (Å²) in [5.41, 5.74) is 0.841. The second-order valence-electron chi connectivity index (χ2n) is 9.81. The zero-order valence-electron chi connectivity index (χ0n) is 20.8. The lowest BCUT2D eigenvalue weighted by atomic mass is 9.87. The van der Waals surface area contributed by atoms with E-state index in [4.69, 9.17) is 17.2 Å². The molecule has 1 saturated carbocycles. The lowest BCUT2D eigenvalue weighted by Crippen LogP contribution is -2.29. The molecule has 0 unspecified atom stereocenters. The van der Waals surface area contributed by atoms with Crippen molar-refractivity contribution in [1.29, 1.82) is 0 Å². The minimum atomic E-state index is -0.177. The van der Waals surface area contributed by atoms with Crippen molar-refractivity contribution < 1.29 is 4.79 Å². The molecule has 2 aromatic rings. The fourth-order valence-corrected chi connectivity index (χ4v) is 6.11. The number of nitrogens with zero attached hydrogens (tertiary/aromatic N) is 3. The average Bonchev–Trinajstić information content (AvgIpc) is 3.12. The van der Waals surface area contributed by atoms with E-state index in [2.05, 4.69) is 19.2 Å². The van der Waals surface area contributed by atoms with Gasteiger partial charge in [-0.05, 0) is 56.2 Å². The van der Waals surface area contributed by atoms with Crippen molar-refractivity contribution in [3.8, 4) is 0 Å². The van der Waals surface area contributed by atoms with Crippen LogP contribution in [-0.2, 0) is 4.79 Å². The summed E-state index contributed by atoms with van der Waals surface area (Å²) in [5.74, 6) is 1.18. The summed E-state index contributed by atoms with van der Waals surface area (Å²) in [6, 6.07) is 5.80. The number of carbonyl (C=O) groups excluding carboxylic acids is 1. The number of nitrogens with one attached hydrogen (secondary N) is 1. The topological polar surface area (TPSA) is 66.7 Å². The largest absolute Gasteiger partial charge is 0.367 e. The summed E-state index contributed by atoms with van der Waals surface area (Å²) in [5, 5.41) is 3.54. The number of anilines is 1. The Morgan fingerprint density at radius 3 is 2.63 bits per heavy atom. The number of rotatable bonds is 10. The van der Waals surface area contributed by atoms with E-state index in [0.717, 1.165) is 44.4 Å². The van der Waals surface area contributed by atoms with E-state index in [1.54, 1.807) is 17.2 Å². The van der Waals surface area contributed by atoms with Crippen molar-refractivity contribution in [1.82, 2.24) is 14.3 Å². The van der Waals surface area contributed by atoms with Crippen LogP contribution in [0.3, 0.4) is 0 Å². The molecule has 1 N–H and O–H groups in total. The van der Waals surface area contributed by atoms with Crippen LogP contribution in [0.15, 0.2) is 34.1 Å². The van der Waals surface area contributed by atoms with Crippen molar-refractivity contribution in [2.24, 2.45) is 5.92 Å². The maximum Gasteiger partial charge on any atom is 0.267 e. The summed E-state index contributed by atoms with van der Waals surface area (Å²) in [4.78, 5) is 33.6. The van der Waals surface area contributed by atoms with Crippen LogP contribution < -0.4 is 10.9 Å². The fourth-order valence-electron chi connectivity index (χ4n) is 4.81. The molecule has 0 radical (unpaired) electrons. The number of aromatic nitrogens is 2. The predicted octanol–water partition coefficient (Wildman–Crippen LogP) is 6.25. The Bertz CT molecular complexity index is 1150. The van der Waals surface area contributed by atoms with Crippen molar-refractivity contribution in [2.75, 3.05) is 11.9 Å². The third kappa shape index (κ3) is 6.33. The highest BCUT2D eigenvalue weighted by molar-refractivity contribution is 8.26. The summed E-state index contributed by atoms with van der Waals surface area (Å²) < 4.78 is 2.11. The molecule has 2 aliphatic rings. The van der Waals surface area contributed by atoms with Crippen molar-refractivity contribution >= 4 is 51.7 Å². The number of hydrogen-bond donors (Lipinski definition) is 1. The van der Waals surface area contributed by atoms with Crippen LogP contribution in [0.2, 0.25) is 0 Å². The highest BCUT2D eigenvalue weighted by atomic mass is 32.2. The van der Waals surface area contributed by atoms with Crippen LogP contribution in [0.1, 0.15) is 83.6 Å². The van der Waals surface area contributed by atoms with Crippen molar-refractivity contribution in [2.45, 2.75) is 84.1 Å². The molecule has 3 heterocycles. The molecule has 0 aromatic carbocycles. The van der Waals surface area contributed by atoms with E-state index < -0.39 is 0 Å². The SMILES string of the molecule is CCCCCCCCN1C(=O)/C(=C\c2c(NC3CCC(C)CC3)nc3ccccn3c2=O)SC1=S. The molecule has 2 aromatic heterocycles. The van der Waals surface area contributed by atoms with Crippen molar-refractivity contribution in [3.63, 3.8) is 0 Å². The normalized spacial score (nSPS) is 21.9. The maximum atomic E-state index is 13.5. The average molecular weight is 513 g/mol. The molecule has 1 aliphatic carbocycles. The first kappa shape index (κ1) is 25.9. The Kier molecular flexibility index (Phi) is 9.00. The molecular weight excluding hydrogens is 476 g/mol. The first-order valence-corrected chi connectivity index (χ1v) is 14.2. The maximum absolute atomic E-state index is 13.5. The summed E-state index contributed by atoms with van der Waals surface area (Å²) in [7, 11) is 0.